The van der Waals surface area contributed by atoms with Crippen molar-refractivity contribution in [1.82, 2.24) is 9.97 Å². The van der Waals surface area contributed by atoms with Gasteiger partial charge in [-0.15, -0.1) is 0 Å². The molecule has 0 amide bonds. The third-order valence-electron chi connectivity index (χ3n) is 2.19. The number of hydrogen-bond acceptors (Lipinski definition) is 6. The van der Waals surface area contributed by atoms with Gasteiger partial charge in [-0.2, -0.15) is 4.39 Å². The third kappa shape index (κ3) is 1.90. The second-order valence-electron chi connectivity index (χ2n) is 3.32. The lowest BCUT2D eigenvalue weighted by molar-refractivity contribution is -0.387. The molecule has 0 spiro atoms. The summed E-state index contributed by atoms with van der Waals surface area (Å²) in [5, 5.41) is 28.4. The van der Waals surface area contributed by atoms with Crippen molar-refractivity contribution in [2.24, 2.45) is 0 Å². The maximum Gasteiger partial charge on any atom is 0.307 e. The Hall–Kier alpha value is -2.77. The van der Waals surface area contributed by atoms with Crippen molar-refractivity contribution in [2.45, 2.75) is 0 Å². The molecule has 1 heterocycles. The lowest BCUT2D eigenvalue weighted by Gasteiger charge is -2.01. The van der Waals surface area contributed by atoms with Gasteiger partial charge in [-0.25, -0.2) is 4.98 Å². The van der Waals surface area contributed by atoms with Gasteiger partial charge in [-0.05, 0) is 0 Å². The standard InChI is InChI=1S/C10H6FN3O4/c11-5-1-6-7(2-9(5)14(17)18)13-8(3-12-6)10(16)4-15/h1-4,15-16H. The van der Waals surface area contributed by atoms with Gasteiger partial charge in [0.25, 0.3) is 0 Å². The van der Waals surface area contributed by atoms with Crippen LogP contribution >= 0.6 is 0 Å². The van der Waals surface area contributed by atoms with Crippen LogP contribution in [0.15, 0.2) is 24.6 Å². The Morgan fingerprint density at radius 2 is 2.17 bits per heavy atom. The van der Waals surface area contributed by atoms with E-state index in [9.17, 15) is 19.6 Å². The van der Waals surface area contributed by atoms with Gasteiger partial charge < -0.3 is 10.2 Å². The molecule has 0 atom stereocenters. The Kier molecular flexibility index (Phi) is 2.76. The summed E-state index contributed by atoms with van der Waals surface area (Å²) in [6.07, 6.45) is 1.52. The van der Waals surface area contributed by atoms with Gasteiger partial charge in [0.1, 0.15) is 12.0 Å². The molecule has 7 nitrogen and oxygen atoms in total. The number of rotatable bonds is 2. The van der Waals surface area contributed by atoms with Gasteiger partial charge >= 0.3 is 5.69 Å². The summed E-state index contributed by atoms with van der Waals surface area (Å²) in [7, 11) is 0. The molecule has 1 aromatic carbocycles. The molecule has 0 unspecified atom stereocenters. The number of benzene rings is 1. The summed E-state index contributed by atoms with van der Waals surface area (Å²) in [5.74, 6) is -1.56. The summed E-state index contributed by atoms with van der Waals surface area (Å²) in [6.45, 7) is 0. The number of nitro benzene ring substituents is 1. The van der Waals surface area contributed by atoms with E-state index in [2.05, 4.69) is 9.97 Å². The largest absolute Gasteiger partial charge is 0.512 e. The molecule has 2 rings (SSSR count). The van der Waals surface area contributed by atoms with E-state index < -0.39 is 22.2 Å². The van der Waals surface area contributed by atoms with Crippen LogP contribution in [0.25, 0.3) is 16.8 Å². The highest BCUT2D eigenvalue weighted by Crippen LogP contribution is 2.23. The monoisotopic (exact) mass is 251 g/mol. The van der Waals surface area contributed by atoms with Crippen LogP contribution < -0.4 is 0 Å². The molecule has 92 valence electrons. The maximum absolute atomic E-state index is 13.3. The van der Waals surface area contributed by atoms with E-state index in [1.54, 1.807) is 0 Å². The zero-order valence-corrected chi connectivity index (χ0v) is 8.74. The predicted octanol–water partition coefficient (Wildman–Crippen LogP) is 2.09. The second kappa shape index (κ2) is 4.24. The van der Waals surface area contributed by atoms with Crippen molar-refractivity contribution in [3.63, 3.8) is 0 Å². The van der Waals surface area contributed by atoms with Crippen molar-refractivity contribution in [3.8, 4) is 0 Å². The van der Waals surface area contributed by atoms with Gasteiger partial charge in [0, 0.05) is 12.1 Å². The topological polar surface area (TPSA) is 109 Å². The van der Waals surface area contributed by atoms with Crippen molar-refractivity contribution in [3.05, 3.63) is 46.2 Å². The van der Waals surface area contributed by atoms with E-state index in [4.69, 9.17) is 5.11 Å². The zero-order valence-electron chi connectivity index (χ0n) is 8.74. The summed E-state index contributed by atoms with van der Waals surface area (Å²) in [6, 6.07) is 1.79. The fourth-order valence-corrected chi connectivity index (χ4v) is 1.35. The summed E-state index contributed by atoms with van der Waals surface area (Å²) in [4.78, 5) is 17.3. The quantitative estimate of drug-likeness (QED) is 0.480. The van der Waals surface area contributed by atoms with Crippen LogP contribution in [0.5, 0.6) is 0 Å². The highest BCUT2D eigenvalue weighted by atomic mass is 19.1. The van der Waals surface area contributed by atoms with E-state index in [0.717, 1.165) is 18.3 Å². The fourth-order valence-electron chi connectivity index (χ4n) is 1.35. The van der Waals surface area contributed by atoms with Crippen molar-refractivity contribution in [2.75, 3.05) is 0 Å². The molecule has 0 aliphatic heterocycles. The Labute approximate surface area is 99.0 Å². The molecule has 1 aromatic heterocycles. The summed E-state index contributed by atoms with van der Waals surface area (Å²) in [5.41, 5.74) is -0.672. The van der Waals surface area contributed by atoms with Crippen LogP contribution in [0.2, 0.25) is 0 Å². The highest BCUT2D eigenvalue weighted by molar-refractivity contribution is 5.78. The first-order chi connectivity index (χ1) is 8.52. The SMILES string of the molecule is O=[N+]([O-])c1cc2nc(C(O)=CO)cnc2cc1F. The molecule has 0 saturated carbocycles. The van der Waals surface area contributed by atoms with Gasteiger partial charge in [0.2, 0.25) is 5.82 Å². The minimum Gasteiger partial charge on any atom is -0.512 e. The molecule has 2 aromatic rings. The molecule has 2 N–H and O–H groups in total. The molecule has 0 aliphatic carbocycles. The summed E-state index contributed by atoms with van der Waals surface area (Å²) < 4.78 is 13.3. The highest BCUT2D eigenvalue weighted by Gasteiger charge is 2.16. The molecule has 0 saturated heterocycles. The minimum absolute atomic E-state index is 0.0361. The lowest BCUT2D eigenvalue weighted by Crippen LogP contribution is -1.97. The van der Waals surface area contributed by atoms with E-state index in [-0.39, 0.29) is 16.7 Å². The van der Waals surface area contributed by atoms with Crippen LogP contribution in [0.3, 0.4) is 0 Å². The number of fused-ring (bicyclic) bond motifs is 1. The first-order valence-electron chi connectivity index (χ1n) is 4.67. The van der Waals surface area contributed by atoms with Crippen LogP contribution in [-0.2, 0) is 0 Å². The molecular formula is C10H6FN3O4. The van der Waals surface area contributed by atoms with E-state index in [1.807, 2.05) is 0 Å². The Balaban J connectivity index is 2.69. The molecule has 0 radical (unpaired) electrons. The number of aliphatic hydroxyl groups excluding tert-OH is 2. The molecular weight excluding hydrogens is 245 g/mol. The number of hydrogen-bond donors (Lipinski definition) is 2. The Morgan fingerprint density at radius 3 is 2.78 bits per heavy atom. The van der Waals surface area contributed by atoms with E-state index in [1.165, 1.54) is 0 Å². The average Bonchev–Trinajstić information content (AvgIpc) is 2.36. The Morgan fingerprint density at radius 1 is 1.44 bits per heavy atom. The smallest absolute Gasteiger partial charge is 0.307 e. The molecule has 18 heavy (non-hydrogen) atoms. The molecule has 0 bridgehead atoms. The van der Waals surface area contributed by atoms with Crippen LogP contribution in [0.1, 0.15) is 5.69 Å². The first kappa shape index (κ1) is 11.7. The zero-order chi connectivity index (χ0) is 13.3. The number of aromatic nitrogens is 2. The normalized spacial score (nSPS) is 11.7. The van der Waals surface area contributed by atoms with Gasteiger partial charge in [-0.3, -0.25) is 15.1 Å². The van der Waals surface area contributed by atoms with Crippen molar-refractivity contribution < 1.29 is 19.5 Å². The van der Waals surface area contributed by atoms with E-state index >= 15 is 0 Å². The number of nitrogens with zero attached hydrogens (tertiary/aromatic N) is 3. The molecule has 0 aliphatic rings. The van der Waals surface area contributed by atoms with Crippen molar-refractivity contribution in [1.29, 1.82) is 0 Å². The first-order valence-corrected chi connectivity index (χ1v) is 4.67. The Bertz CT molecular complexity index is 671. The minimum atomic E-state index is -1.02. The fraction of sp³-hybridized carbons (Fsp3) is 0. The number of aliphatic hydroxyl groups is 2. The van der Waals surface area contributed by atoms with Crippen LogP contribution in [-0.4, -0.2) is 25.1 Å². The maximum atomic E-state index is 13.3. The third-order valence-corrected chi connectivity index (χ3v) is 2.19. The van der Waals surface area contributed by atoms with Gasteiger partial charge in [-0.1, -0.05) is 0 Å². The average molecular weight is 251 g/mol. The number of halogens is 1. The van der Waals surface area contributed by atoms with E-state index in [0.29, 0.717) is 6.26 Å². The van der Waals surface area contributed by atoms with Gasteiger partial charge in [0.15, 0.2) is 5.76 Å². The molecule has 0 fully saturated rings. The predicted molar refractivity (Wildman–Crippen MR) is 59.4 cm³/mol. The van der Waals surface area contributed by atoms with Gasteiger partial charge in [0.05, 0.1) is 22.2 Å². The van der Waals surface area contributed by atoms with Crippen molar-refractivity contribution >= 4 is 22.5 Å². The lowest BCUT2D eigenvalue weighted by atomic mass is 10.2. The van der Waals surface area contributed by atoms with Crippen LogP contribution in [0.4, 0.5) is 10.1 Å². The number of nitro groups is 1. The van der Waals surface area contributed by atoms with Crippen LogP contribution in [0, 0.1) is 15.9 Å². The molecule has 8 heteroatoms. The second-order valence-corrected chi connectivity index (χ2v) is 3.32. The summed E-state index contributed by atoms with van der Waals surface area (Å²) >= 11 is 0.